The summed E-state index contributed by atoms with van der Waals surface area (Å²) in [7, 11) is 0. The lowest BCUT2D eigenvalue weighted by Crippen LogP contribution is -2.18. The van der Waals surface area contributed by atoms with Gasteiger partial charge in [-0.05, 0) is 12.3 Å². The van der Waals surface area contributed by atoms with E-state index in [0.29, 0.717) is 5.57 Å². The van der Waals surface area contributed by atoms with Crippen molar-refractivity contribution < 1.29 is 4.79 Å². The van der Waals surface area contributed by atoms with E-state index in [1.54, 1.807) is 0 Å². The Bertz CT molecular complexity index is 199. The number of primary amides is 1. The fourth-order valence-corrected chi connectivity index (χ4v) is 1.65. The minimum absolute atomic E-state index is 0.244. The zero-order valence-corrected chi connectivity index (χ0v) is 10.2. The maximum absolute atomic E-state index is 10.8. The van der Waals surface area contributed by atoms with Crippen molar-refractivity contribution in [3.63, 3.8) is 0 Å². The van der Waals surface area contributed by atoms with Crippen molar-refractivity contribution >= 4 is 5.91 Å². The molecule has 2 nitrogen and oxygen atoms in total. The second kappa shape index (κ2) is 8.51. The van der Waals surface area contributed by atoms with Crippen molar-refractivity contribution in [3.05, 3.63) is 12.2 Å². The third-order valence-corrected chi connectivity index (χ3v) is 2.90. The molecule has 0 aromatic rings. The Labute approximate surface area is 93.9 Å². The van der Waals surface area contributed by atoms with Crippen molar-refractivity contribution in [2.24, 2.45) is 11.7 Å². The summed E-state index contributed by atoms with van der Waals surface area (Å²) in [6, 6.07) is 0. The predicted molar refractivity (Wildman–Crippen MR) is 65.5 cm³/mol. The van der Waals surface area contributed by atoms with Crippen LogP contribution in [-0.4, -0.2) is 5.91 Å². The van der Waals surface area contributed by atoms with Gasteiger partial charge in [0.1, 0.15) is 0 Å². The van der Waals surface area contributed by atoms with Crippen LogP contribution in [0.3, 0.4) is 0 Å². The van der Waals surface area contributed by atoms with Gasteiger partial charge in [-0.3, -0.25) is 4.79 Å². The first-order valence-electron chi connectivity index (χ1n) is 6.08. The predicted octanol–water partition coefficient (Wildman–Crippen LogP) is 3.41. The zero-order valence-electron chi connectivity index (χ0n) is 10.2. The van der Waals surface area contributed by atoms with Crippen molar-refractivity contribution in [3.8, 4) is 0 Å². The Kier molecular flexibility index (Phi) is 8.06. The lowest BCUT2D eigenvalue weighted by Gasteiger charge is -2.11. The van der Waals surface area contributed by atoms with Crippen LogP contribution in [0, 0.1) is 5.92 Å². The second-order valence-corrected chi connectivity index (χ2v) is 4.35. The molecule has 0 aliphatic carbocycles. The topological polar surface area (TPSA) is 43.1 Å². The summed E-state index contributed by atoms with van der Waals surface area (Å²) >= 11 is 0. The van der Waals surface area contributed by atoms with Gasteiger partial charge in [-0.2, -0.15) is 0 Å². The number of unbranched alkanes of at least 4 members (excludes halogenated alkanes) is 5. The highest BCUT2D eigenvalue weighted by Gasteiger charge is 2.10. The summed E-state index contributed by atoms with van der Waals surface area (Å²) in [5.74, 6) is -0.109. The third kappa shape index (κ3) is 7.18. The van der Waals surface area contributed by atoms with E-state index in [1.165, 1.54) is 38.5 Å². The molecule has 0 saturated carbocycles. The summed E-state index contributed by atoms with van der Waals surface area (Å²) < 4.78 is 0. The maximum atomic E-state index is 10.8. The molecular formula is C13H25NO. The van der Waals surface area contributed by atoms with Crippen LogP contribution in [0.1, 0.15) is 58.8 Å². The number of carbonyl (C=O) groups excluding carboxylic acids is 1. The van der Waals surface area contributed by atoms with Gasteiger partial charge in [0, 0.05) is 5.57 Å². The van der Waals surface area contributed by atoms with Gasteiger partial charge in [0.15, 0.2) is 0 Å². The average Bonchev–Trinajstić information content (AvgIpc) is 2.21. The molecule has 1 amide bonds. The van der Waals surface area contributed by atoms with Gasteiger partial charge in [0.2, 0.25) is 5.91 Å². The van der Waals surface area contributed by atoms with Gasteiger partial charge in [0.25, 0.3) is 0 Å². The molecule has 0 spiro atoms. The minimum atomic E-state index is -0.353. The van der Waals surface area contributed by atoms with E-state index in [9.17, 15) is 4.79 Å². The highest BCUT2D eigenvalue weighted by molar-refractivity contribution is 5.91. The summed E-state index contributed by atoms with van der Waals surface area (Å²) in [6.45, 7) is 7.96. The van der Waals surface area contributed by atoms with Crippen LogP contribution in [0.4, 0.5) is 0 Å². The molecule has 0 saturated heterocycles. The highest BCUT2D eigenvalue weighted by atomic mass is 16.1. The molecule has 0 bridgehead atoms. The fraction of sp³-hybridized carbons (Fsp3) is 0.769. The first kappa shape index (κ1) is 14.2. The molecule has 1 unspecified atom stereocenters. The Morgan fingerprint density at radius 3 is 2.27 bits per heavy atom. The van der Waals surface area contributed by atoms with E-state index in [-0.39, 0.29) is 11.8 Å². The molecule has 0 fully saturated rings. The van der Waals surface area contributed by atoms with E-state index in [4.69, 9.17) is 5.73 Å². The minimum Gasteiger partial charge on any atom is -0.366 e. The molecule has 0 aromatic carbocycles. The molecule has 0 aliphatic rings. The summed E-state index contributed by atoms with van der Waals surface area (Å²) in [5.41, 5.74) is 5.74. The number of nitrogens with two attached hydrogens (primary N) is 1. The monoisotopic (exact) mass is 211 g/mol. The van der Waals surface area contributed by atoms with Gasteiger partial charge in [0.05, 0.1) is 0 Å². The van der Waals surface area contributed by atoms with Crippen molar-refractivity contribution in [1.29, 1.82) is 0 Å². The van der Waals surface area contributed by atoms with Crippen molar-refractivity contribution in [2.75, 3.05) is 0 Å². The van der Waals surface area contributed by atoms with E-state index < -0.39 is 0 Å². The summed E-state index contributed by atoms with van der Waals surface area (Å²) in [5, 5.41) is 0. The number of amides is 1. The standard InChI is InChI=1S/C13H25NO/c1-4-5-6-7-8-9-10-11(2)12(3)13(14)15/h11H,3-10H2,1-2H3,(H2,14,15). The van der Waals surface area contributed by atoms with Crippen LogP contribution >= 0.6 is 0 Å². The van der Waals surface area contributed by atoms with Crippen LogP contribution in [0.15, 0.2) is 12.2 Å². The van der Waals surface area contributed by atoms with Crippen molar-refractivity contribution in [1.82, 2.24) is 0 Å². The molecule has 1 atom stereocenters. The fourth-order valence-electron chi connectivity index (χ4n) is 1.65. The van der Waals surface area contributed by atoms with Crippen LogP contribution in [0.5, 0.6) is 0 Å². The van der Waals surface area contributed by atoms with Gasteiger partial charge in [-0.25, -0.2) is 0 Å². The molecule has 0 rings (SSSR count). The maximum Gasteiger partial charge on any atom is 0.244 e. The first-order chi connectivity index (χ1) is 7.09. The van der Waals surface area contributed by atoms with E-state index in [2.05, 4.69) is 13.5 Å². The van der Waals surface area contributed by atoms with Crippen LogP contribution < -0.4 is 5.73 Å². The van der Waals surface area contributed by atoms with Crippen molar-refractivity contribution in [2.45, 2.75) is 58.8 Å². The SMILES string of the molecule is C=C(C(N)=O)C(C)CCCCCCCC. The number of rotatable bonds is 9. The number of hydrogen-bond donors (Lipinski definition) is 1. The van der Waals surface area contributed by atoms with Gasteiger partial charge in [-0.1, -0.05) is 59.0 Å². The zero-order chi connectivity index (χ0) is 11.7. The number of carbonyl (C=O) groups is 1. The second-order valence-electron chi connectivity index (χ2n) is 4.35. The Hall–Kier alpha value is -0.790. The highest BCUT2D eigenvalue weighted by Crippen LogP contribution is 2.17. The number of hydrogen-bond acceptors (Lipinski definition) is 1. The van der Waals surface area contributed by atoms with Crippen LogP contribution in [0.25, 0.3) is 0 Å². The van der Waals surface area contributed by atoms with E-state index in [1.807, 2.05) is 6.92 Å². The summed E-state index contributed by atoms with van der Waals surface area (Å²) in [4.78, 5) is 10.8. The Morgan fingerprint density at radius 1 is 1.20 bits per heavy atom. The average molecular weight is 211 g/mol. The molecule has 2 N–H and O–H groups in total. The summed E-state index contributed by atoms with van der Waals surface area (Å²) in [6.07, 6.45) is 8.74. The van der Waals surface area contributed by atoms with Gasteiger partial charge in [-0.15, -0.1) is 0 Å². The Morgan fingerprint density at radius 2 is 1.73 bits per heavy atom. The third-order valence-electron chi connectivity index (χ3n) is 2.90. The molecule has 0 heterocycles. The first-order valence-corrected chi connectivity index (χ1v) is 6.08. The lowest BCUT2D eigenvalue weighted by molar-refractivity contribution is -0.115. The van der Waals surface area contributed by atoms with Gasteiger partial charge < -0.3 is 5.73 Å². The molecule has 0 radical (unpaired) electrons. The smallest absolute Gasteiger partial charge is 0.244 e. The van der Waals surface area contributed by atoms with E-state index >= 15 is 0 Å². The largest absolute Gasteiger partial charge is 0.366 e. The molecule has 2 heteroatoms. The van der Waals surface area contributed by atoms with Crippen LogP contribution in [-0.2, 0) is 4.79 Å². The quantitative estimate of drug-likeness (QED) is 0.461. The van der Waals surface area contributed by atoms with Crippen LogP contribution in [0.2, 0.25) is 0 Å². The Balaban J connectivity index is 3.43. The normalized spacial score (nSPS) is 12.4. The molecular weight excluding hydrogens is 186 g/mol. The molecule has 88 valence electrons. The molecule has 15 heavy (non-hydrogen) atoms. The molecule has 0 aliphatic heterocycles. The van der Waals surface area contributed by atoms with Gasteiger partial charge >= 0.3 is 0 Å². The molecule has 0 aromatic heterocycles. The van der Waals surface area contributed by atoms with E-state index in [0.717, 1.165) is 6.42 Å². The lowest BCUT2D eigenvalue weighted by atomic mass is 9.95.